The Bertz CT molecular complexity index is 181. The van der Waals surface area contributed by atoms with Gasteiger partial charge in [0.15, 0.2) is 0 Å². The molecule has 0 aliphatic carbocycles. The molecule has 0 amide bonds. The van der Waals surface area contributed by atoms with Gasteiger partial charge in [-0.05, 0) is 0 Å². The molecule has 0 bridgehead atoms. The van der Waals surface area contributed by atoms with Gasteiger partial charge in [-0.1, -0.05) is 0 Å². The van der Waals surface area contributed by atoms with Crippen molar-refractivity contribution in [2.45, 2.75) is 0 Å². The Morgan fingerprint density at radius 1 is 1.57 bits per heavy atom. The molecule has 40 valence electrons. The second-order valence-electron chi connectivity index (χ2n) is 0.735. The summed E-state index contributed by atoms with van der Waals surface area (Å²) in [5.74, 6) is 0. The Hall–Kier alpha value is 0.160. The van der Waals surface area contributed by atoms with E-state index in [-0.39, 0.29) is 0 Å². The summed E-state index contributed by atoms with van der Waals surface area (Å²) in [4.78, 5) is 15.6. The molecule has 0 aromatic rings. The fourth-order valence-electron chi connectivity index (χ4n) is 0.0532. The van der Waals surface area contributed by atoms with E-state index < -0.39 is 15.5 Å². The Morgan fingerprint density at radius 3 is 2.00 bits per heavy atom. The zero-order valence-electron chi connectivity index (χ0n) is 3.11. The van der Waals surface area contributed by atoms with Gasteiger partial charge in [0.1, 0.15) is 0 Å². The van der Waals surface area contributed by atoms with Crippen molar-refractivity contribution in [3.8, 4) is 5.37 Å². The van der Waals surface area contributed by atoms with Crippen LogP contribution in [-0.4, -0.2) is 9.79 Å². The van der Waals surface area contributed by atoms with E-state index in [0.29, 0.717) is 0 Å². The molecule has 2 N–H and O–H groups in total. The van der Waals surface area contributed by atoms with Gasteiger partial charge in [-0.3, -0.25) is 0 Å². The van der Waals surface area contributed by atoms with Crippen LogP contribution in [-0.2, 0) is 9.13 Å². The first-order chi connectivity index (χ1) is 3.06. The summed E-state index contributed by atoms with van der Waals surface area (Å²) in [6.45, 7) is 0. The second kappa shape index (κ2) is 2.46. The van der Waals surface area contributed by atoms with Crippen molar-refractivity contribution in [1.29, 1.82) is 0 Å². The molecule has 0 aliphatic rings. The summed E-state index contributed by atoms with van der Waals surface area (Å²) in [6.07, 6.45) is 0. The summed E-state index contributed by atoms with van der Waals surface area (Å²) < 4.78 is 18.9. The molecule has 6 heteroatoms. The second-order valence-corrected chi connectivity index (χ2v) is 2.81. The first kappa shape index (κ1) is 7.16. The number of rotatable bonds is 0. The Kier molecular flexibility index (Phi) is 2.52. The van der Waals surface area contributed by atoms with Crippen LogP contribution < -0.4 is 0 Å². The number of hydrogen-bond acceptors (Lipinski definition) is 2. The van der Waals surface area contributed by atoms with E-state index >= 15 is 0 Å². The van der Waals surface area contributed by atoms with Crippen LogP contribution in [0.1, 0.15) is 0 Å². The monoisotopic (exact) mass is 140 g/mol. The van der Waals surface area contributed by atoms with Crippen molar-refractivity contribution in [1.82, 2.24) is 0 Å². The SMILES string of the molecule is O=P#CP(=O)(O)O. The fourth-order valence-corrected chi connectivity index (χ4v) is 0.479. The maximum absolute atomic E-state index is 9.61. The predicted octanol–water partition coefficient (Wildman–Crippen LogP) is 0.373. The van der Waals surface area contributed by atoms with Crippen molar-refractivity contribution < 1.29 is 18.9 Å². The van der Waals surface area contributed by atoms with Gasteiger partial charge < -0.3 is 0 Å². The van der Waals surface area contributed by atoms with Crippen LogP contribution in [0.2, 0.25) is 0 Å². The molecule has 7 heavy (non-hydrogen) atoms. The molecule has 0 saturated carbocycles. The average molecular weight is 140 g/mol. The summed E-state index contributed by atoms with van der Waals surface area (Å²) in [7, 11) is -4.99. The molecular weight excluding hydrogens is 138 g/mol. The summed E-state index contributed by atoms with van der Waals surface area (Å²) in [5.41, 5.74) is 0. The molecule has 0 aromatic carbocycles. The molecule has 0 spiro atoms. The van der Waals surface area contributed by atoms with E-state index in [1.165, 1.54) is 5.37 Å². The average Bonchev–Trinajstić information content (AvgIpc) is 1.30. The van der Waals surface area contributed by atoms with Gasteiger partial charge in [0.05, 0.1) is 0 Å². The van der Waals surface area contributed by atoms with Crippen LogP contribution in [0, 0.1) is 5.37 Å². The third-order valence-corrected chi connectivity index (χ3v) is 1.54. The molecule has 0 atom stereocenters. The zero-order valence-corrected chi connectivity index (χ0v) is 4.89. The van der Waals surface area contributed by atoms with Gasteiger partial charge >= 0.3 is 39.8 Å². The van der Waals surface area contributed by atoms with Gasteiger partial charge in [0.25, 0.3) is 0 Å². The quantitative estimate of drug-likeness (QED) is 0.476. The minimum atomic E-state index is -4.24. The molecule has 0 fully saturated rings. The fraction of sp³-hybridized carbons (Fsp3) is 0. The van der Waals surface area contributed by atoms with Crippen LogP contribution in [0.5, 0.6) is 0 Å². The standard InChI is InChI=1S/CH2O4P2/c2-6-1-7(3,4)5/h(H2,3,4,5). The van der Waals surface area contributed by atoms with E-state index in [0.717, 1.165) is 0 Å². The minimum absolute atomic E-state index is 0.754. The molecule has 0 rings (SSSR count). The van der Waals surface area contributed by atoms with E-state index in [1.54, 1.807) is 0 Å². The Balaban J connectivity index is 4.31. The van der Waals surface area contributed by atoms with Crippen molar-refractivity contribution in [3.05, 3.63) is 0 Å². The van der Waals surface area contributed by atoms with Crippen LogP contribution in [0.15, 0.2) is 0 Å². The van der Waals surface area contributed by atoms with Crippen LogP contribution in [0.3, 0.4) is 0 Å². The van der Waals surface area contributed by atoms with Gasteiger partial charge in [-0.15, -0.1) is 0 Å². The topological polar surface area (TPSA) is 74.6 Å². The predicted molar refractivity (Wildman–Crippen MR) is 23.5 cm³/mol. The van der Waals surface area contributed by atoms with Crippen LogP contribution in [0.25, 0.3) is 0 Å². The molecule has 0 heterocycles. The molecule has 4 nitrogen and oxygen atoms in total. The normalized spacial score (nSPS) is 10.0. The summed E-state index contributed by atoms with van der Waals surface area (Å²) in [6, 6.07) is 0. The van der Waals surface area contributed by atoms with E-state index in [4.69, 9.17) is 9.79 Å². The molecule has 0 aliphatic heterocycles. The third kappa shape index (κ3) is 6.16. The molecular formula is CH2O4P2. The van der Waals surface area contributed by atoms with E-state index in [9.17, 15) is 9.13 Å². The van der Waals surface area contributed by atoms with Gasteiger partial charge in [-0.25, -0.2) is 0 Å². The zero-order chi connectivity index (χ0) is 5.91. The Morgan fingerprint density at radius 2 is 2.00 bits per heavy atom. The van der Waals surface area contributed by atoms with Crippen molar-refractivity contribution in [2.75, 3.05) is 0 Å². The number of hydrogen-bond donors (Lipinski definition) is 2. The maximum atomic E-state index is 9.61. The summed E-state index contributed by atoms with van der Waals surface area (Å²) in [5, 5.41) is 1.37. The molecule has 0 saturated heterocycles. The first-order valence-electron chi connectivity index (χ1n) is 1.21. The molecule has 0 aromatic heterocycles. The molecule has 0 radical (unpaired) electrons. The van der Waals surface area contributed by atoms with Gasteiger partial charge in [0.2, 0.25) is 0 Å². The first-order valence-corrected chi connectivity index (χ1v) is 3.64. The van der Waals surface area contributed by atoms with Gasteiger partial charge in [0, 0.05) is 0 Å². The third-order valence-electron chi connectivity index (χ3n) is 0.171. The van der Waals surface area contributed by atoms with Crippen molar-refractivity contribution in [3.63, 3.8) is 0 Å². The van der Waals surface area contributed by atoms with Crippen LogP contribution in [0.4, 0.5) is 0 Å². The Labute approximate surface area is 40.8 Å². The molecule has 0 unspecified atom stereocenters. The van der Waals surface area contributed by atoms with E-state index in [2.05, 4.69) is 0 Å². The van der Waals surface area contributed by atoms with Gasteiger partial charge in [-0.2, -0.15) is 0 Å². The van der Waals surface area contributed by atoms with Crippen molar-refractivity contribution in [2.24, 2.45) is 0 Å². The van der Waals surface area contributed by atoms with Crippen LogP contribution >= 0.6 is 15.5 Å². The summed E-state index contributed by atoms with van der Waals surface area (Å²) >= 11 is 0. The van der Waals surface area contributed by atoms with Crippen molar-refractivity contribution >= 4 is 15.5 Å². The van der Waals surface area contributed by atoms with E-state index in [1.807, 2.05) is 0 Å².